The van der Waals surface area contributed by atoms with E-state index in [1.165, 1.54) is 18.3 Å². The molecule has 0 bridgehead atoms. The van der Waals surface area contributed by atoms with Gasteiger partial charge in [-0.25, -0.2) is 14.8 Å². The molecule has 0 spiro atoms. The molecule has 1 aliphatic rings. The molecule has 7 nitrogen and oxygen atoms in total. The molecule has 3 aromatic rings. The molecule has 154 valence electrons. The van der Waals surface area contributed by atoms with Gasteiger partial charge in [0.1, 0.15) is 18.0 Å². The van der Waals surface area contributed by atoms with Gasteiger partial charge >= 0.3 is 5.97 Å². The Morgan fingerprint density at radius 2 is 1.90 bits per heavy atom. The number of thiazole rings is 1. The lowest BCUT2D eigenvalue weighted by atomic mass is 10.2. The third kappa shape index (κ3) is 4.33. The molecule has 30 heavy (non-hydrogen) atoms. The van der Waals surface area contributed by atoms with Crippen LogP contribution < -0.4 is 9.80 Å². The molecule has 0 aliphatic carbocycles. The Balaban J connectivity index is 1.46. The fourth-order valence-electron chi connectivity index (χ4n) is 3.42. The zero-order valence-corrected chi connectivity index (χ0v) is 17.5. The minimum absolute atomic E-state index is 0.0319. The van der Waals surface area contributed by atoms with E-state index in [1.54, 1.807) is 28.6 Å². The summed E-state index contributed by atoms with van der Waals surface area (Å²) in [6.45, 7) is 3.32. The van der Waals surface area contributed by atoms with E-state index in [1.807, 2.05) is 30.3 Å². The van der Waals surface area contributed by atoms with Crippen LogP contribution in [0.3, 0.4) is 0 Å². The number of anilines is 3. The third-order valence-electron chi connectivity index (χ3n) is 4.82. The van der Waals surface area contributed by atoms with Gasteiger partial charge in [0.15, 0.2) is 5.13 Å². The number of ether oxygens (including phenoxy) is 1. The number of esters is 1. The number of benzene rings is 1. The summed E-state index contributed by atoms with van der Waals surface area (Å²) in [6, 6.07) is 12.8. The fraction of sp³-hybridized carbons (Fsp3) is 0.273. The summed E-state index contributed by atoms with van der Waals surface area (Å²) in [7, 11) is 0. The van der Waals surface area contributed by atoms with Crippen molar-refractivity contribution in [2.24, 2.45) is 0 Å². The first kappa shape index (κ1) is 20.0. The van der Waals surface area contributed by atoms with E-state index in [0.29, 0.717) is 22.2 Å². The second-order valence-corrected chi connectivity index (χ2v) is 7.79. The lowest BCUT2D eigenvalue weighted by molar-refractivity contribution is -0.115. The number of hydrogen-bond donors (Lipinski definition) is 0. The molecule has 1 aromatic carbocycles. The number of pyridine rings is 1. The number of rotatable bonds is 6. The Morgan fingerprint density at radius 3 is 2.63 bits per heavy atom. The SMILES string of the molecule is CC(=O)N(c1ccccc1)c1nc(COC(=O)c2cccnc2N2CCCC2)cs1. The van der Waals surface area contributed by atoms with Gasteiger partial charge in [0.05, 0.1) is 11.4 Å². The van der Waals surface area contributed by atoms with E-state index in [2.05, 4.69) is 14.9 Å². The molecule has 1 aliphatic heterocycles. The highest BCUT2D eigenvalue weighted by Gasteiger charge is 2.22. The van der Waals surface area contributed by atoms with Gasteiger partial charge in [-0.1, -0.05) is 18.2 Å². The minimum atomic E-state index is -0.425. The van der Waals surface area contributed by atoms with Gasteiger partial charge in [-0.3, -0.25) is 9.69 Å². The summed E-state index contributed by atoms with van der Waals surface area (Å²) in [5.41, 5.74) is 1.80. The van der Waals surface area contributed by atoms with Crippen molar-refractivity contribution < 1.29 is 14.3 Å². The normalized spacial score (nSPS) is 13.3. The molecule has 0 atom stereocenters. The Labute approximate surface area is 178 Å². The topological polar surface area (TPSA) is 75.6 Å². The molecule has 8 heteroatoms. The van der Waals surface area contributed by atoms with Crippen LogP contribution in [0.2, 0.25) is 0 Å². The molecule has 1 fully saturated rings. The highest BCUT2D eigenvalue weighted by Crippen LogP contribution is 2.29. The van der Waals surface area contributed by atoms with Crippen LogP contribution in [0.1, 0.15) is 35.8 Å². The Morgan fingerprint density at radius 1 is 1.13 bits per heavy atom. The molecule has 1 saturated heterocycles. The Kier molecular flexibility index (Phi) is 6.04. The molecular formula is C22H22N4O3S. The molecule has 0 unspecified atom stereocenters. The van der Waals surface area contributed by atoms with Gasteiger partial charge in [-0.15, -0.1) is 11.3 Å². The van der Waals surface area contributed by atoms with Crippen LogP contribution in [0.15, 0.2) is 54.0 Å². The molecule has 2 aromatic heterocycles. The lowest BCUT2D eigenvalue weighted by Crippen LogP contribution is -2.23. The highest BCUT2D eigenvalue weighted by atomic mass is 32.1. The minimum Gasteiger partial charge on any atom is -0.455 e. The maximum atomic E-state index is 12.7. The monoisotopic (exact) mass is 422 g/mol. The summed E-state index contributed by atoms with van der Waals surface area (Å²) in [6.07, 6.45) is 3.89. The quantitative estimate of drug-likeness (QED) is 0.555. The van der Waals surface area contributed by atoms with E-state index in [4.69, 9.17) is 4.74 Å². The molecule has 3 heterocycles. The maximum Gasteiger partial charge on any atom is 0.342 e. The van der Waals surface area contributed by atoms with Gasteiger partial charge in [0, 0.05) is 31.6 Å². The van der Waals surface area contributed by atoms with Crippen molar-refractivity contribution in [2.45, 2.75) is 26.4 Å². The average Bonchev–Trinajstić information content (AvgIpc) is 3.45. The van der Waals surface area contributed by atoms with Gasteiger partial charge in [-0.05, 0) is 37.1 Å². The van der Waals surface area contributed by atoms with Crippen LogP contribution in [0.25, 0.3) is 0 Å². The summed E-state index contributed by atoms with van der Waals surface area (Å²) < 4.78 is 5.51. The largest absolute Gasteiger partial charge is 0.455 e. The summed E-state index contributed by atoms with van der Waals surface area (Å²) in [4.78, 5) is 37.4. The van der Waals surface area contributed by atoms with E-state index in [9.17, 15) is 9.59 Å². The van der Waals surface area contributed by atoms with E-state index in [-0.39, 0.29) is 12.5 Å². The predicted molar refractivity (Wildman–Crippen MR) is 116 cm³/mol. The van der Waals surface area contributed by atoms with Crippen LogP contribution in [0.4, 0.5) is 16.6 Å². The second kappa shape index (κ2) is 9.04. The van der Waals surface area contributed by atoms with Crippen molar-refractivity contribution in [2.75, 3.05) is 22.9 Å². The van der Waals surface area contributed by atoms with Crippen molar-refractivity contribution >= 4 is 39.9 Å². The molecule has 0 radical (unpaired) electrons. The standard InChI is InChI=1S/C22H22N4O3S/c1-16(27)26(18-8-3-2-4-9-18)22-24-17(15-30-22)14-29-21(28)19-10-7-11-23-20(19)25-12-5-6-13-25/h2-4,7-11,15H,5-6,12-14H2,1H3. The molecular weight excluding hydrogens is 400 g/mol. The molecule has 1 amide bonds. The van der Waals surface area contributed by atoms with Crippen molar-refractivity contribution in [1.29, 1.82) is 0 Å². The van der Waals surface area contributed by atoms with Crippen molar-refractivity contribution in [3.05, 3.63) is 65.3 Å². The van der Waals surface area contributed by atoms with Crippen molar-refractivity contribution in [1.82, 2.24) is 9.97 Å². The number of carbonyl (C=O) groups is 2. The smallest absolute Gasteiger partial charge is 0.342 e. The number of para-hydroxylation sites is 1. The number of carbonyl (C=O) groups excluding carboxylic acids is 2. The number of aromatic nitrogens is 2. The number of amides is 1. The van der Waals surface area contributed by atoms with Crippen molar-refractivity contribution in [3.8, 4) is 0 Å². The molecule has 0 saturated carbocycles. The Hall–Kier alpha value is -3.26. The molecule has 0 N–H and O–H groups in total. The number of hydrogen-bond acceptors (Lipinski definition) is 7. The van der Waals surface area contributed by atoms with Crippen LogP contribution in [0.5, 0.6) is 0 Å². The fourth-order valence-corrected chi connectivity index (χ4v) is 4.30. The summed E-state index contributed by atoms with van der Waals surface area (Å²) in [5.74, 6) is 0.113. The van der Waals surface area contributed by atoms with Crippen LogP contribution in [-0.2, 0) is 16.1 Å². The van der Waals surface area contributed by atoms with Gasteiger partial charge in [0.25, 0.3) is 0 Å². The van der Waals surface area contributed by atoms with E-state index in [0.717, 1.165) is 31.6 Å². The van der Waals surface area contributed by atoms with E-state index < -0.39 is 5.97 Å². The van der Waals surface area contributed by atoms with Crippen LogP contribution in [0, 0.1) is 0 Å². The summed E-state index contributed by atoms with van der Waals surface area (Å²) >= 11 is 1.33. The number of nitrogens with zero attached hydrogens (tertiary/aromatic N) is 4. The first-order valence-corrected chi connectivity index (χ1v) is 10.7. The first-order chi connectivity index (χ1) is 14.6. The van der Waals surface area contributed by atoms with E-state index >= 15 is 0 Å². The summed E-state index contributed by atoms with van der Waals surface area (Å²) in [5, 5.41) is 2.34. The average molecular weight is 423 g/mol. The zero-order valence-electron chi connectivity index (χ0n) is 16.7. The second-order valence-electron chi connectivity index (χ2n) is 6.96. The van der Waals surface area contributed by atoms with Gasteiger partial charge < -0.3 is 9.64 Å². The van der Waals surface area contributed by atoms with Crippen molar-refractivity contribution in [3.63, 3.8) is 0 Å². The van der Waals surface area contributed by atoms with Gasteiger partial charge in [-0.2, -0.15) is 0 Å². The van der Waals surface area contributed by atoms with Crippen LogP contribution >= 0.6 is 11.3 Å². The zero-order chi connectivity index (χ0) is 20.9. The maximum absolute atomic E-state index is 12.7. The lowest BCUT2D eigenvalue weighted by Gasteiger charge is -2.19. The molecule has 4 rings (SSSR count). The third-order valence-corrected chi connectivity index (χ3v) is 5.70. The van der Waals surface area contributed by atoms with Crippen LogP contribution in [-0.4, -0.2) is 34.9 Å². The Bertz CT molecular complexity index is 1030. The highest BCUT2D eigenvalue weighted by molar-refractivity contribution is 7.14. The van der Waals surface area contributed by atoms with Gasteiger partial charge in [0.2, 0.25) is 5.91 Å². The predicted octanol–water partition coefficient (Wildman–Crippen LogP) is 4.18. The first-order valence-electron chi connectivity index (χ1n) is 9.81.